The zero-order valence-corrected chi connectivity index (χ0v) is 13.6. The Morgan fingerprint density at radius 3 is 2.86 bits per heavy atom. The normalized spacial score (nSPS) is 17.8. The van der Waals surface area contributed by atoms with Crippen molar-refractivity contribution in [3.8, 4) is 0 Å². The number of benzene rings is 1. The number of methoxy groups -OCH3 is 1. The minimum Gasteiger partial charge on any atom is -0.383 e. The van der Waals surface area contributed by atoms with Gasteiger partial charge >= 0.3 is 0 Å². The van der Waals surface area contributed by atoms with Gasteiger partial charge in [0.1, 0.15) is 6.04 Å². The van der Waals surface area contributed by atoms with Crippen LogP contribution >= 0.6 is 12.4 Å². The number of hydrogen-bond donors (Lipinski definition) is 1. The van der Waals surface area contributed by atoms with Gasteiger partial charge in [-0.1, -0.05) is 31.2 Å². The average Bonchev–Trinajstić information content (AvgIpc) is 2.88. The maximum atomic E-state index is 12.5. The van der Waals surface area contributed by atoms with Gasteiger partial charge in [-0.2, -0.15) is 0 Å². The first-order valence-corrected chi connectivity index (χ1v) is 7.31. The van der Waals surface area contributed by atoms with E-state index in [2.05, 4.69) is 25.1 Å². The van der Waals surface area contributed by atoms with Gasteiger partial charge in [0.05, 0.1) is 12.6 Å². The summed E-state index contributed by atoms with van der Waals surface area (Å²) in [7, 11) is 1.57. The zero-order chi connectivity index (χ0) is 14.5. The number of carbonyl (C=O) groups excluding carboxylic acids is 1. The van der Waals surface area contributed by atoms with Crippen LogP contribution in [-0.2, 0) is 16.0 Å². The fourth-order valence-corrected chi connectivity index (χ4v) is 2.98. The van der Waals surface area contributed by atoms with E-state index in [9.17, 15) is 4.79 Å². The summed E-state index contributed by atoms with van der Waals surface area (Å²) in [4.78, 5) is 14.5. The minimum atomic E-state index is -0.570. The van der Waals surface area contributed by atoms with E-state index in [1.807, 2.05) is 11.0 Å². The van der Waals surface area contributed by atoms with E-state index in [-0.39, 0.29) is 31.0 Å². The highest BCUT2D eigenvalue weighted by atomic mass is 35.5. The predicted octanol–water partition coefficient (Wildman–Crippen LogP) is 2.31. The van der Waals surface area contributed by atoms with Crippen molar-refractivity contribution in [2.45, 2.75) is 38.3 Å². The number of nitrogens with two attached hydrogens (primary N) is 1. The maximum Gasteiger partial charge on any atom is 0.242 e. The number of nitrogens with zero attached hydrogens (tertiary/aromatic N) is 1. The maximum absolute atomic E-state index is 12.5. The lowest BCUT2D eigenvalue weighted by Crippen LogP contribution is -2.47. The smallest absolute Gasteiger partial charge is 0.242 e. The van der Waals surface area contributed by atoms with Gasteiger partial charge in [0, 0.05) is 13.7 Å². The summed E-state index contributed by atoms with van der Waals surface area (Å²) in [6, 6.07) is 7.98. The molecule has 2 atom stereocenters. The highest BCUT2D eigenvalue weighted by Gasteiger charge is 2.32. The van der Waals surface area contributed by atoms with Crippen LogP contribution in [0.15, 0.2) is 24.3 Å². The highest BCUT2D eigenvalue weighted by Crippen LogP contribution is 2.35. The van der Waals surface area contributed by atoms with Crippen LogP contribution < -0.4 is 5.73 Å². The molecule has 0 aromatic heterocycles. The van der Waals surface area contributed by atoms with E-state index in [0.717, 1.165) is 25.8 Å². The van der Waals surface area contributed by atoms with E-state index in [4.69, 9.17) is 10.5 Å². The molecule has 118 valence electrons. The summed E-state index contributed by atoms with van der Waals surface area (Å²) in [5, 5.41) is 0. The number of hydrogen-bond acceptors (Lipinski definition) is 3. The van der Waals surface area contributed by atoms with E-state index < -0.39 is 6.04 Å². The summed E-state index contributed by atoms with van der Waals surface area (Å²) in [5.41, 5.74) is 8.56. The minimum absolute atomic E-state index is 0. The molecule has 0 saturated heterocycles. The highest BCUT2D eigenvalue weighted by molar-refractivity contribution is 5.85. The molecule has 1 aromatic rings. The van der Waals surface area contributed by atoms with Gasteiger partial charge in [0.2, 0.25) is 5.91 Å². The van der Waals surface area contributed by atoms with E-state index in [0.29, 0.717) is 0 Å². The van der Waals surface area contributed by atoms with Crippen molar-refractivity contribution in [1.82, 2.24) is 4.90 Å². The Bertz CT molecular complexity index is 467. The molecule has 21 heavy (non-hydrogen) atoms. The topological polar surface area (TPSA) is 55.6 Å². The number of halogens is 1. The number of ether oxygens (including phenoxy) is 1. The van der Waals surface area contributed by atoms with Crippen LogP contribution in [0.5, 0.6) is 0 Å². The lowest BCUT2D eigenvalue weighted by molar-refractivity contribution is -0.136. The van der Waals surface area contributed by atoms with Crippen molar-refractivity contribution in [3.05, 3.63) is 35.4 Å². The predicted molar refractivity (Wildman–Crippen MR) is 86.6 cm³/mol. The van der Waals surface area contributed by atoms with Gasteiger partial charge in [0.25, 0.3) is 0 Å². The van der Waals surface area contributed by atoms with Crippen molar-refractivity contribution in [3.63, 3.8) is 0 Å². The van der Waals surface area contributed by atoms with Gasteiger partial charge in [-0.3, -0.25) is 4.79 Å². The molecule has 1 amide bonds. The van der Waals surface area contributed by atoms with Crippen LogP contribution in [0, 0.1) is 0 Å². The first-order chi connectivity index (χ1) is 9.69. The quantitative estimate of drug-likeness (QED) is 0.877. The molecule has 0 bridgehead atoms. The third-order valence-corrected chi connectivity index (χ3v) is 3.89. The fourth-order valence-electron chi connectivity index (χ4n) is 2.98. The summed E-state index contributed by atoms with van der Waals surface area (Å²) in [5.74, 6) is -0.00426. The Morgan fingerprint density at radius 2 is 2.19 bits per heavy atom. The second-order valence-electron chi connectivity index (χ2n) is 5.35. The van der Waals surface area contributed by atoms with Gasteiger partial charge in [0.15, 0.2) is 0 Å². The molecule has 0 aliphatic heterocycles. The van der Waals surface area contributed by atoms with Crippen molar-refractivity contribution < 1.29 is 9.53 Å². The molecular weight excluding hydrogens is 288 g/mol. The van der Waals surface area contributed by atoms with Gasteiger partial charge in [-0.05, 0) is 30.4 Å². The molecule has 1 aliphatic rings. The molecule has 0 fully saturated rings. The first kappa shape index (κ1) is 18.0. The van der Waals surface area contributed by atoms with Crippen LogP contribution in [0.2, 0.25) is 0 Å². The van der Waals surface area contributed by atoms with Crippen LogP contribution in [0.3, 0.4) is 0 Å². The Balaban J connectivity index is 0.00000220. The molecule has 2 N–H and O–H groups in total. The summed E-state index contributed by atoms with van der Waals surface area (Å²) >= 11 is 0. The number of amides is 1. The van der Waals surface area contributed by atoms with Gasteiger partial charge in [-0.25, -0.2) is 0 Å². The molecule has 4 nitrogen and oxygen atoms in total. The molecule has 0 spiro atoms. The SMILES string of the molecule is CCCN(C(=O)C(N)COC)C1CCc2ccccc21.Cl. The monoisotopic (exact) mass is 312 g/mol. The number of aryl methyl sites for hydroxylation is 1. The van der Waals surface area contributed by atoms with Gasteiger partial charge < -0.3 is 15.4 Å². The lowest BCUT2D eigenvalue weighted by atomic mass is 10.1. The second-order valence-corrected chi connectivity index (χ2v) is 5.35. The van der Waals surface area contributed by atoms with Crippen LogP contribution in [0.1, 0.15) is 36.9 Å². The third-order valence-electron chi connectivity index (χ3n) is 3.89. The van der Waals surface area contributed by atoms with Crippen molar-refractivity contribution in [1.29, 1.82) is 0 Å². The van der Waals surface area contributed by atoms with E-state index >= 15 is 0 Å². The average molecular weight is 313 g/mol. The molecule has 0 heterocycles. The molecule has 1 aromatic carbocycles. The number of rotatable bonds is 6. The molecule has 0 radical (unpaired) electrons. The molecule has 2 rings (SSSR count). The molecular formula is C16H25ClN2O2. The summed E-state index contributed by atoms with van der Waals surface area (Å²) in [6.45, 7) is 3.10. The second kappa shape index (κ2) is 8.37. The molecule has 0 saturated carbocycles. The van der Waals surface area contributed by atoms with Crippen LogP contribution in [0.4, 0.5) is 0 Å². The Kier molecular flexibility index (Phi) is 7.15. The molecule has 2 unspecified atom stereocenters. The Labute approximate surface area is 133 Å². The van der Waals surface area contributed by atoms with Gasteiger partial charge in [-0.15, -0.1) is 12.4 Å². The Hall–Kier alpha value is -1.10. The van der Waals surface area contributed by atoms with E-state index in [1.165, 1.54) is 11.1 Å². The standard InChI is InChI=1S/C16H24N2O2.ClH/c1-3-10-18(16(19)14(17)11-20-2)15-9-8-12-6-4-5-7-13(12)15;/h4-7,14-15H,3,8-11,17H2,1-2H3;1H. The van der Waals surface area contributed by atoms with Crippen molar-refractivity contribution >= 4 is 18.3 Å². The first-order valence-electron chi connectivity index (χ1n) is 7.31. The lowest BCUT2D eigenvalue weighted by Gasteiger charge is -2.31. The van der Waals surface area contributed by atoms with Crippen LogP contribution in [-0.4, -0.2) is 37.1 Å². The summed E-state index contributed by atoms with van der Waals surface area (Å²) < 4.78 is 5.01. The largest absolute Gasteiger partial charge is 0.383 e. The zero-order valence-electron chi connectivity index (χ0n) is 12.7. The number of carbonyl (C=O) groups is 1. The van der Waals surface area contributed by atoms with Crippen LogP contribution in [0.25, 0.3) is 0 Å². The van der Waals surface area contributed by atoms with Crippen molar-refractivity contribution in [2.24, 2.45) is 5.73 Å². The third kappa shape index (κ3) is 3.96. The molecule has 1 aliphatic carbocycles. The van der Waals surface area contributed by atoms with Crippen molar-refractivity contribution in [2.75, 3.05) is 20.3 Å². The fraction of sp³-hybridized carbons (Fsp3) is 0.562. The van der Waals surface area contributed by atoms with E-state index in [1.54, 1.807) is 7.11 Å². The molecule has 5 heteroatoms. The summed E-state index contributed by atoms with van der Waals surface area (Å²) in [6.07, 6.45) is 2.96. The Morgan fingerprint density at radius 1 is 1.48 bits per heavy atom. The number of fused-ring (bicyclic) bond motifs is 1.